The van der Waals surface area contributed by atoms with Gasteiger partial charge in [0.2, 0.25) is 0 Å². The summed E-state index contributed by atoms with van der Waals surface area (Å²) >= 11 is 0. The summed E-state index contributed by atoms with van der Waals surface area (Å²) in [6, 6.07) is 6.14. The van der Waals surface area contributed by atoms with Gasteiger partial charge < -0.3 is 15.8 Å². The lowest BCUT2D eigenvalue weighted by atomic mass is 10.1. The van der Waals surface area contributed by atoms with E-state index in [0.717, 1.165) is 18.5 Å². The van der Waals surface area contributed by atoms with E-state index in [1.807, 2.05) is 26.0 Å². The fraction of sp³-hybridized carbons (Fsp3) is 0.467. The Morgan fingerprint density at radius 2 is 1.86 bits per heavy atom. The van der Waals surface area contributed by atoms with Crippen molar-refractivity contribution in [1.82, 2.24) is 0 Å². The molecule has 0 fully saturated rings. The number of anilines is 1. The Kier molecular flexibility index (Phi) is 9.77. The first-order valence-electron chi connectivity index (χ1n) is 6.73. The van der Waals surface area contributed by atoms with Gasteiger partial charge in [0.1, 0.15) is 0 Å². The van der Waals surface area contributed by atoms with Gasteiger partial charge in [0.05, 0.1) is 7.11 Å². The number of ether oxygens (including phenoxy) is 1. The van der Waals surface area contributed by atoms with Crippen molar-refractivity contribution in [2.45, 2.75) is 33.1 Å². The summed E-state index contributed by atoms with van der Waals surface area (Å²) in [7, 11) is 1.40. The van der Waals surface area contributed by atoms with Gasteiger partial charge >= 0.3 is 5.97 Å². The summed E-state index contributed by atoms with van der Waals surface area (Å²) in [6.07, 6.45) is 1.99. The summed E-state index contributed by atoms with van der Waals surface area (Å²) in [4.78, 5) is 15.2. The number of hydrogen-bond acceptors (Lipinski definition) is 3. The molecule has 0 spiro atoms. The molecule has 0 heterocycles. The molecule has 0 aliphatic heterocycles. The van der Waals surface area contributed by atoms with Gasteiger partial charge in [-0.25, -0.2) is 0 Å². The van der Waals surface area contributed by atoms with Crippen molar-refractivity contribution in [2.24, 2.45) is 10.7 Å². The van der Waals surface area contributed by atoms with E-state index < -0.39 is 0 Å². The van der Waals surface area contributed by atoms with Gasteiger partial charge in [0, 0.05) is 18.7 Å². The van der Waals surface area contributed by atoms with Crippen LogP contribution in [0.15, 0.2) is 23.2 Å². The van der Waals surface area contributed by atoms with E-state index in [1.54, 1.807) is 0 Å². The molecule has 0 aliphatic rings. The first-order valence-corrected chi connectivity index (χ1v) is 6.73. The number of benzene rings is 1. The lowest BCUT2D eigenvalue weighted by molar-refractivity contribution is -0.140. The van der Waals surface area contributed by atoms with Crippen molar-refractivity contribution in [2.75, 3.05) is 19.0 Å². The number of hydrogen-bond donors (Lipinski definition) is 2. The molecule has 0 saturated carbocycles. The molecule has 118 valence electrons. The van der Waals surface area contributed by atoms with E-state index in [0.29, 0.717) is 18.9 Å². The number of nitrogens with zero attached hydrogens (tertiary/aromatic N) is 1. The minimum absolute atomic E-state index is 0. The third kappa shape index (κ3) is 8.54. The normalized spacial score (nSPS) is 10.7. The quantitative estimate of drug-likeness (QED) is 0.251. The van der Waals surface area contributed by atoms with Gasteiger partial charge in [-0.3, -0.25) is 9.79 Å². The van der Waals surface area contributed by atoms with Crippen LogP contribution >= 0.6 is 24.0 Å². The molecule has 0 unspecified atom stereocenters. The molecule has 0 saturated heterocycles. The second-order valence-corrected chi connectivity index (χ2v) is 4.80. The zero-order valence-electron chi connectivity index (χ0n) is 12.8. The number of aryl methyl sites for hydroxylation is 2. The molecule has 1 rings (SSSR count). The molecule has 1 aromatic rings. The molecule has 0 aromatic heterocycles. The van der Waals surface area contributed by atoms with Crippen LogP contribution in [-0.4, -0.2) is 25.6 Å². The molecule has 5 nitrogen and oxygen atoms in total. The van der Waals surface area contributed by atoms with Crippen LogP contribution in [-0.2, 0) is 9.53 Å². The van der Waals surface area contributed by atoms with E-state index in [9.17, 15) is 4.79 Å². The highest BCUT2D eigenvalue weighted by Gasteiger charge is 2.00. The van der Waals surface area contributed by atoms with Crippen LogP contribution in [0.4, 0.5) is 5.69 Å². The maximum absolute atomic E-state index is 10.9. The van der Waals surface area contributed by atoms with Gasteiger partial charge in [0.25, 0.3) is 0 Å². The lowest BCUT2D eigenvalue weighted by Gasteiger charge is -2.08. The molecule has 1 aromatic carbocycles. The number of nitrogens with one attached hydrogen (secondary N) is 1. The molecule has 6 heteroatoms. The van der Waals surface area contributed by atoms with Crippen LogP contribution in [0.2, 0.25) is 0 Å². The third-order valence-electron chi connectivity index (χ3n) is 2.79. The second kappa shape index (κ2) is 10.4. The topological polar surface area (TPSA) is 76.7 Å². The van der Waals surface area contributed by atoms with Crippen LogP contribution in [0.1, 0.15) is 30.4 Å². The predicted octanol–water partition coefficient (Wildman–Crippen LogP) is 2.99. The van der Waals surface area contributed by atoms with E-state index in [-0.39, 0.29) is 29.9 Å². The highest BCUT2D eigenvalue weighted by Crippen LogP contribution is 2.13. The van der Waals surface area contributed by atoms with Crippen LogP contribution in [0, 0.1) is 13.8 Å². The summed E-state index contributed by atoms with van der Waals surface area (Å²) in [6.45, 7) is 4.68. The Bertz CT molecular complexity index is 470. The van der Waals surface area contributed by atoms with Crippen molar-refractivity contribution in [3.63, 3.8) is 0 Å². The predicted molar refractivity (Wildman–Crippen MR) is 97.3 cm³/mol. The lowest BCUT2D eigenvalue weighted by Crippen LogP contribution is -2.23. The first-order chi connectivity index (χ1) is 9.51. The number of rotatable bonds is 6. The SMILES string of the molecule is COC(=O)CCCCN=C(N)Nc1cc(C)cc(C)c1.I. The van der Waals surface area contributed by atoms with Crippen molar-refractivity contribution in [3.8, 4) is 0 Å². The monoisotopic (exact) mass is 405 g/mol. The molecule has 0 radical (unpaired) electrons. The maximum Gasteiger partial charge on any atom is 0.305 e. The smallest absolute Gasteiger partial charge is 0.305 e. The number of aliphatic imine (C=N–C) groups is 1. The molecule has 21 heavy (non-hydrogen) atoms. The Morgan fingerprint density at radius 3 is 2.43 bits per heavy atom. The van der Waals surface area contributed by atoms with Crippen molar-refractivity contribution >= 4 is 41.6 Å². The Hall–Kier alpha value is -1.31. The minimum atomic E-state index is -0.185. The summed E-state index contributed by atoms with van der Waals surface area (Å²) < 4.78 is 4.57. The van der Waals surface area contributed by atoms with Gasteiger partial charge in [-0.2, -0.15) is 0 Å². The van der Waals surface area contributed by atoms with Crippen LogP contribution in [0.25, 0.3) is 0 Å². The molecule has 0 aliphatic carbocycles. The number of methoxy groups -OCH3 is 1. The van der Waals surface area contributed by atoms with Crippen molar-refractivity contribution in [3.05, 3.63) is 29.3 Å². The molecule has 0 bridgehead atoms. The minimum Gasteiger partial charge on any atom is -0.469 e. The first kappa shape index (κ1) is 19.7. The van der Waals surface area contributed by atoms with Crippen LogP contribution in [0.3, 0.4) is 0 Å². The zero-order chi connectivity index (χ0) is 15.0. The Labute approximate surface area is 143 Å². The van der Waals surface area contributed by atoms with Gasteiger partial charge in [-0.1, -0.05) is 6.07 Å². The largest absolute Gasteiger partial charge is 0.469 e. The number of carbonyl (C=O) groups excluding carboxylic acids is 1. The fourth-order valence-electron chi connectivity index (χ4n) is 1.92. The number of carbonyl (C=O) groups is 1. The van der Waals surface area contributed by atoms with Crippen LogP contribution < -0.4 is 11.1 Å². The molecule has 3 N–H and O–H groups in total. The highest BCUT2D eigenvalue weighted by atomic mass is 127. The average molecular weight is 405 g/mol. The Balaban J connectivity index is 0.00000400. The number of esters is 1. The molecule has 0 atom stereocenters. The molecular weight excluding hydrogens is 381 g/mol. The van der Waals surface area contributed by atoms with E-state index >= 15 is 0 Å². The maximum atomic E-state index is 10.9. The summed E-state index contributed by atoms with van der Waals surface area (Å²) in [5.41, 5.74) is 9.12. The number of nitrogens with two attached hydrogens (primary N) is 1. The highest BCUT2D eigenvalue weighted by molar-refractivity contribution is 14.0. The summed E-state index contributed by atoms with van der Waals surface area (Å²) in [5.74, 6) is 0.211. The van der Waals surface area contributed by atoms with Gasteiger partial charge in [0.15, 0.2) is 5.96 Å². The van der Waals surface area contributed by atoms with E-state index in [2.05, 4.69) is 21.1 Å². The van der Waals surface area contributed by atoms with E-state index in [4.69, 9.17) is 5.73 Å². The van der Waals surface area contributed by atoms with Gasteiger partial charge in [-0.15, -0.1) is 24.0 Å². The fourth-order valence-corrected chi connectivity index (χ4v) is 1.92. The zero-order valence-corrected chi connectivity index (χ0v) is 15.1. The molecular formula is C15H24IN3O2. The van der Waals surface area contributed by atoms with Crippen LogP contribution in [0.5, 0.6) is 0 Å². The Morgan fingerprint density at radius 1 is 1.24 bits per heavy atom. The van der Waals surface area contributed by atoms with Crippen molar-refractivity contribution in [1.29, 1.82) is 0 Å². The van der Waals surface area contributed by atoms with E-state index in [1.165, 1.54) is 18.2 Å². The standard InChI is InChI=1S/C15H23N3O2.HI/c1-11-8-12(2)10-13(9-11)18-15(16)17-7-5-4-6-14(19)20-3;/h8-10H,4-7H2,1-3H3,(H3,16,17,18);1H. The average Bonchev–Trinajstić information content (AvgIpc) is 2.36. The second-order valence-electron chi connectivity index (χ2n) is 4.80. The number of guanidine groups is 1. The van der Waals surface area contributed by atoms with Gasteiger partial charge in [-0.05, 0) is 49.9 Å². The third-order valence-corrected chi connectivity index (χ3v) is 2.79. The number of halogens is 1. The number of unbranched alkanes of at least 4 members (excludes halogenated alkanes) is 1. The summed E-state index contributed by atoms with van der Waals surface area (Å²) in [5, 5.41) is 3.07. The van der Waals surface area contributed by atoms with Crippen molar-refractivity contribution < 1.29 is 9.53 Å². The molecule has 0 amide bonds.